The summed E-state index contributed by atoms with van der Waals surface area (Å²) >= 11 is 0. The van der Waals surface area contributed by atoms with Crippen LogP contribution in [-0.2, 0) is 9.53 Å². The molecular weight excluding hydrogens is 476 g/mol. The van der Waals surface area contributed by atoms with Crippen LogP contribution in [0.1, 0.15) is 177 Å². The summed E-state index contributed by atoms with van der Waals surface area (Å²) in [7, 11) is 0. The highest BCUT2D eigenvalue weighted by Gasteiger charge is 2.46. The number of rotatable bonds is 18. The van der Waals surface area contributed by atoms with E-state index in [1.54, 1.807) is 5.57 Å². The molecule has 0 saturated heterocycles. The zero-order valence-electron chi connectivity index (χ0n) is 27.7. The molecule has 0 aliphatic heterocycles. The molecule has 2 aliphatic carbocycles. The van der Waals surface area contributed by atoms with Gasteiger partial charge in [0.1, 0.15) is 6.10 Å². The zero-order chi connectivity index (χ0) is 28.9. The summed E-state index contributed by atoms with van der Waals surface area (Å²) in [5.41, 5.74) is 2.33. The Morgan fingerprint density at radius 2 is 1.64 bits per heavy atom. The minimum Gasteiger partial charge on any atom is -0.462 e. The van der Waals surface area contributed by atoms with Crippen LogP contribution in [0.5, 0.6) is 0 Å². The van der Waals surface area contributed by atoms with Gasteiger partial charge in [0.05, 0.1) is 0 Å². The minimum absolute atomic E-state index is 0.0339. The molecule has 0 heterocycles. The van der Waals surface area contributed by atoms with Gasteiger partial charge in [0, 0.05) is 12.8 Å². The molecule has 228 valence electrons. The molecule has 0 radical (unpaired) electrons. The second-order valence-corrected chi connectivity index (χ2v) is 14.8. The number of allylic oxidation sites excluding steroid dienone is 1. The molecular formula is C37H68O2. The highest BCUT2D eigenvalue weighted by molar-refractivity contribution is 5.69. The highest BCUT2D eigenvalue weighted by Crippen LogP contribution is 2.55. The van der Waals surface area contributed by atoms with Gasteiger partial charge in [-0.25, -0.2) is 0 Å². The van der Waals surface area contributed by atoms with Crippen molar-refractivity contribution in [2.45, 2.75) is 183 Å². The van der Waals surface area contributed by atoms with Crippen molar-refractivity contribution in [1.29, 1.82) is 0 Å². The van der Waals surface area contributed by atoms with Gasteiger partial charge in [0.15, 0.2) is 0 Å². The molecule has 0 amide bonds. The van der Waals surface area contributed by atoms with Gasteiger partial charge in [-0.2, -0.15) is 0 Å². The van der Waals surface area contributed by atoms with Gasteiger partial charge in [0.2, 0.25) is 0 Å². The van der Waals surface area contributed by atoms with Crippen molar-refractivity contribution in [3.63, 3.8) is 0 Å². The highest BCUT2D eigenvalue weighted by atomic mass is 16.5. The number of unbranched alkanes of at least 4 members (excludes halogenated alkanes) is 5. The Labute approximate surface area is 244 Å². The monoisotopic (exact) mass is 545 g/mol. The molecule has 2 rings (SSSR count). The first-order chi connectivity index (χ1) is 18.6. The van der Waals surface area contributed by atoms with Gasteiger partial charge < -0.3 is 4.74 Å². The molecule has 0 N–H and O–H groups in total. The number of hydrogen-bond acceptors (Lipinski definition) is 2. The van der Waals surface area contributed by atoms with Gasteiger partial charge in [-0.05, 0) is 85.9 Å². The predicted octanol–water partition coefficient (Wildman–Crippen LogP) is 11.9. The van der Waals surface area contributed by atoms with Crippen molar-refractivity contribution < 1.29 is 9.53 Å². The van der Waals surface area contributed by atoms with Crippen molar-refractivity contribution in [3.05, 3.63) is 11.6 Å². The average molecular weight is 545 g/mol. The number of esters is 1. The first kappa shape index (κ1) is 34.4. The van der Waals surface area contributed by atoms with Gasteiger partial charge in [-0.15, -0.1) is 0 Å². The van der Waals surface area contributed by atoms with Crippen molar-refractivity contribution in [2.24, 2.45) is 34.5 Å². The first-order valence-corrected chi connectivity index (χ1v) is 17.4. The van der Waals surface area contributed by atoms with Gasteiger partial charge in [0.25, 0.3) is 0 Å². The van der Waals surface area contributed by atoms with Crippen LogP contribution in [0, 0.1) is 34.5 Å². The predicted molar refractivity (Wildman–Crippen MR) is 170 cm³/mol. The summed E-state index contributed by atoms with van der Waals surface area (Å²) in [6.07, 6.45) is 25.7. The Morgan fingerprint density at radius 1 is 0.923 bits per heavy atom. The Kier molecular flexibility index (Phi) is 15.2. The molecule has 0 aromatic carbocycles. The molecule has 0 bridgehead atoms. The normalized spacial score (nSPS) is 31.2. The molecule has 6 atom stereocenters. The Morgan fingerprint density at radius 3 is 2.33 bits per heavy atom. The number of carbonyl (C=O) groups is 1. The SMILES string of the molecule is CC/C=C1/C[C@@H](OC(=O)CCCCCCCC)CC[C@]1(C)CCC[C@@]1(C)C(C)CC[C@@H]1[C@H](C)CCCC(C)C. The van der Waals surface area contributed by atoms with Crippen molar-refractivity contribution in [1.82, 2.24) is 0 Å². The van der Waals surface area contributed by atoms with Crippen molar-refractivity contribution in [3.8, 4) is 0 Å². The van der Waals surface area contributed by atoms with E-state index in [-0.39, 0.29) is 17.5 Å². The summed E-state index contributed by atoms with van der Waals surface area (Å²) in [6, 6.07) is 0. The van der Waals surface area contributed by atoms with E-state index in [4.69, 9.17) is 4.74 Å². The fraction of sp³-hybridized carbons (Fsp3) is 0.919. The van der Waals surface area contributed by atoms with E-state index in [9.17, 15) is 4.79 Å². The van der Waals surface area contributed by atoms with Gasteiger partial charge in [-0.3, -0.25) is 4.79 Å². The Hall–Kier alpha value is -0.790. The maximum Gasteiger partial charge on any atom is 0.306 e. The van der Waals surface area contributed by atoms with Crippen LogP contribution >= 0.6 is 0 Å². The molecule has 0 spiro atoms. The molecule has 2 heteroatoms. The number of ether oxygens (including phenoxy) is 1. The molecule has 39 heavy (non-hydrogen) atoms. The summed E-state index contributed by atoms with van der Waals surface area (Å²) < 4.78 is 6.01. The molecule has 0 aromatic heterocycles. The summed E-state index contributed by atoms with van der Waals surface area (Å²) in [5, 5.41) is 0. The zero-order valence-corrected chi connectivity index (χ0v) is 27.7. The van der Waals surface area contributed by atoms with Crippen LogP contribution in [0.3, 0.4) is 0 Å². The van der Waals surface area contributed by atoms with E-state index in [1.165, 1.54) is 77.0 Å². The van der Waals surface area contributed by atoms with Crippen LogP contribution < -0.4 is 0 Å². The minimum atomic E-state index is 0.0339. The van der Waals surface area contributed by atoms with E-state index in [2.05, 4.69) is 61.5 Å². The lowest BCUT2D eigenvalue weighted by Crippen LogP contribution is -2.34. The van der Waals surface area contributed by atoms with Crippen LogP contribution in [0.4, 0.5) is 0 Å². The van der Waals surface area contributed by atoms with Crippen LogP contribution in [0.2, 0.25) is 0 Å². The summed E-state index contributed by atoms with van der Waals surface area (Å²) in [5.74, 6) is 3.45. The molecule has 1 unspecified atom stereocenters. The lowest BCUT2D eigenvalue weighted by molar-refractivity contribution is -0.150. The smallest absolute Gasteiger partial charge is 0.306 e. The summed E-state index contributed by atoms with van der Waals surface area (Å²) in [6.45, 7) is 19.5. The van der Waals surface area contributed by atoms with Crippen molar-refractivity contribution in [2.75, 3.05) is 0 Å². The maximum absolute atomic E-state index is 12.6. The van der Waals surface area contributed by atoms with Gasteiger partial charge >= 0.3 is 5.97 Å². The third-order valence-corrected chi connectivity index (χ3v) is 11.2. The first-order valence-electron chi connectivity index (χ1n) is 17.4. The maximum atomic E-state index is 12.6. The fourth-order valence-corrected chi connectivity index (χ4v) is 8.22. The topological polar surface area (TPSA) is 26.3 Å². The van der Waals surface area contributed by atoms with Gasteiger partial charge in [-0.1, -0.05) is 125 Å². The van der Waals surface area contributed by atoms with E-state index in [0.29, 0.717) is 11.8 Å². The number of hydrogen-bond donors (Lipinski definition) is 0. The Bertz CT molecular complexity index is 723. The van der Waals surface area contributed by atoms with E-state index < -0.39 is 0 Å². The number of carbonyl (C=O) groups excluding carboxylic acids is 1. The molecule has 2 aliphatic rings. The largest absolute Gasteiger partial charge is 0.462 e. The van der Waals surface area contributed by atoms with E-state index in [1.807, 2.05) is 0 Å². The average Bonchev–Trinajstić information content (AvgIpc) is 3.17. The third kappa shape index (κ3) is 10.8. The van der Waals surface area contributed by atoms with E-state index in [0.717, 1.165) is 62.2 Å². The summed E-state index contributed by atoms with van der Waals surface area (Å²) in [4.78, 5) is 12.6. The standard InChI is InChI=1S/C37H68O2/c1-9-11-12-13-14-15-21-35(38)39-33-24-27-36(7,32(28-33)18-10-2)25-17-26-37(8)31(6)22-23-34(37)30(5)20-16-19-29(3)4/h18,29-31,33-34H,9-17,19-28H2,1-8H3/b32-18-/t30-,31?,33+,34-,36+,37+/m1/s1. The fourth-order valence-electron chi connectivity index (χ4n) is 8.22. The second kappa shape index (κ2) is 17.2. The molecule has 2 nitrogen and oxygen atoms in total. The lowest BCUT2D eigenvalue weighted by atomic mass is 9.63. The molecule has 2 fully saturated rings. The molecule has 0 aromatic rings. The quantitative estimate of drug-likeness (QED) is 0.0974. The lowest BCUT2D eigenvalue weighted by Gasteiger charge is -2.43. The van der Waals surface area contributed by atoms with Crippen LogP contribution in [0.15, 0.2) is 11.6 Å². The van der Waals surface area contributed by atoms with Crippen molar-refractivity contribution >= 4 is 5.97 Å². The third-order valence-electron chi connectivity index (χ3n) is 11.2. The van der Waals surface area contributed by atoms with Crippen LogP contribution in [-0.4, -0.2) is 12.1 Å². The molecule has 2 saturated carbocycles. The van der Waals surface area contributed by atoms with Crippen LogP contribution in [0.25, 0.3) is 0 Å². The Balaban J connectivity index is 1.87. The van der Waals surface area contributed by atoms with E-state index >= 15 is 0 Å². The second-order valence-electron chi connectivity index (χ2n) is 14.8.